The van der Waals surface area contributed by atoms with Crippen LogP contribution in [-0.2, 0) is 9.59 Å². The Labute approximate surface area is 117 Å². The molecule has 2 bridgehead atoms. The highest BCUT2D eigenvalue weighted by Crippen LogP contribution is 2.33. The summed E-state index contributed by atoms with van der Waals surface area (Å²) in [5.74, 6) is -1.28. The van der Waals surface area contributed by atoms with Gasteiger partial charge in [0, 0.05) is 12.1 Å². The van der Waals surface area contributed by atoms with E-state index < -0.39 is 12.0 Å². The van der Waals surface area contributed by atoms with Crippen molar-refractivity contribution in [3.8, 4) is 0 Å². The predicted octanol–water partition coefficient (Wildman–Crippen LogP) is 1.07. The topological polar surface area (TPSA) is 78.4 Å². The third-order valence-electron chi connectivity index (χ3n) is 4.30. The summed E-state index contributed by atoms with van der Waals surface area (Å²) in [5.41, 5.74) is 0.601. The van der Waals surface area contributed by atoms with E-state index in [1.54, 1.807) is 24.3 Å². The van der Waals surface area contributed by atoms with Crippen LogP contribution in [0.5, 0.6) is 0 Å². The van der Waals surface area contributed by atoms with Gasteiger partial charge in [0.25, 0.3) is 0 Å². The fourth-order valence-electron chi connectivity index (χ4n) is 3.30. The van der Waals surface area contributed by atoms with Crippen molar-refractivity contribution in [3.63, 3.8) is 0 Å². The number of hydrogen-bond acceptors (Lipinski definition) is 3. The number of carboxylic acid groups (broad SMARTS) is 1. The molecule has 0 aromatic heterocycles. The lowest BCUT2D eigenvalue weighted by molar-refractivity contribution is -0.142. The molecule has 2 saturated heterocycles. The standard InChI is InChI=1S/C15H18N2O3/c18-14(11-8-10-6-7-12(11)16-10)17-13(15(19)20)9-4-2-1-3-5-9/h1-5,10-13,16H,6-8H2,(H,17,18)(H,19,20). The van der Waals surface area contributed by atoms with E-state index in [9.17, 15) is 14.7 Å². The smallest absolute Gasteiger partial charge is 0.330 e. The van der Waals surface area contributed by atoms with Crippen molar-refractivity contribution < 1.29 is 14.7 Å². The number of aliphatic carboxylic acids is 1. The fraction of sp³-hybridized carbons (Fsp3) is 0.467. The zero-order chi connectivity index (χ0) is 14.1. The first kappa shape index (κ1) is 13.1. The monoisotopic (exact) mass is 274 g/mol. The Morgan fingerprint density at radius 1 is 1.25 bits per heavy atom. The molecule has 0 spiro atoms. The van der Waals surface area contributed by atoms with Crippen LogP contribution in [0.2, 0.25) is 0 Å². The minimum atomic E-state index is -1.03. The molecule has 2 aliphatic rings. The van der Waals surface area contributed by atoms with Gasteiger partial charge in [-0.3, -0.25) is 4.79 Å². The Bertz CT molecular complexity index is 517. The summed E-state index contributed by atoms with van der Waals surface area (Å²) in [7, 11) is 0. The molecule has 2 fully saturated rings. The van der Waals surface area contributed by atoms with Crippen molar-refractivity contribution in [2.24, 2.45) is 5.92 Å². The summed E-state index contributed by atoms with van der Waals surface area (Å²) in [6, 6.07) is 8.48. The van der Waals surface area contributed by atoms with Gasteiger partial charge in [-0.25, -0.2) is 4.79 Å². The number of carbonyl (C=O) groups excluding carboxylic acids is 1. The lowest BCUT2D eigenvalue weighted by Gasteiger charge is -2.22. The molecule has 0 saturated carbocycles. The third kappa shape index (κ3) is 2.41. The summed E-state index contributed by atoms with van der Waals surface area (Å²) >= 11 is 0. The van der Waals surface area contributed by atoms with Crippen LogP contribution in [0.25, 0.3) is 0 Å². The highest BCUT2D eigenvalue weighted by atomic mass is 16.4. The van der Waals surface area contributed by atoms with Crippen molar-refractivity contribution >= 4 is 11.9 Å². The molecule has 20 heavy (non-hydrogen) atoms. The van der Waals surface area contributed by atoms with Crippen LogP contribution < -0.4 is 10.6 Å². The van der Waals surface area contributed by atoms with E-state index in [1.807, 2.05) is 6.07 Å². The van der Waals surface area contributed by atoms with Gasteiger partial charge >= 0.3 is 5.97 Å². The highest BCUT2D eigenvalue weighted by molar-refractivity contribution is 5.86. The summed E-state index contributed by atoms with van der Waals surface area (Å²) in [6.07, 6.45) is 2.94. The van der Waals surface area contributed by atoms with Crippen LogP contribution in [0.1, 0.15) is 30.9 Å². The van der Waals surface area contributed by atoms with E-state index >= 15 is 0 Å². The van der Waals surface area contributed by atoms with Gasteiger partial charge in [0.15, 0.2) is 6.04 Å². The van der Waals surface area contributed by atoms with Crippen LogP contribution in [-0.4, -0.2) is 29.1 Å². The number of hydrogen-bond donors (Lipinski definition) is 3. The zero-order valence-electron chi connectivity index (χ0n) is 11.1. The molecular formula is C15H18N2O3. The summed E-state index contributed by atoms with van der Waals surface area (Å²) in [4.78, 5) is 23.7. The number of fused-ring (bicyclic) bond motifs is 2. The highest BCUT2D eigenvalue weighted by Gasteiger charge is 2.43. The molecule has 2 aliphatic heterocycles. The molecule has 1 amide bonds. The third-order valence-corrected chi connectivity index (χ3v) is 4.30. The molecule has 5 heteroatoms. The summed E-state index contributed by atoms with van der Waals surface area (Å²) in [6.45, 7) is 0. The van der Waals surface area contributed by atoms with E-state index in [4.69, 9.17) is 0 Å². The lowest BCUT2D eigenvalue weighted by Crippen LogP contribution is -2.41. The normalized spacial score (nSPS) is 29.1. The molecule has 1 aromatic carbocycles. The van der Waals surface area contributed by atoms with Gasteiger partial charge in [0.1, 0.15) is 0 Å². The van der Waals surface area contributed by atoms with Crippen molar-refractivity contribution in [2.75, 3.05) is 0 Å². The molecule has 0 radical (unpaired) electrons. The average Bonchev–Trinajstić information content (AvgIpc) is 3.07. The van der Waals surface area contributed by atoms with Crippen LogP contribution in [0.3, 0.4) is 0 Å². The molecule has 2 heterocycles. The van der Waals surface area contributed by atoms with E-state index in [-0.39, 0.29) is 17.9 Å². The molecule has 4 unspecified atom stereocenters. The van der Waals surface area contributed by atoms with Crippen LogP contribution in [0, 0.1) is 5.92 Å². The van der Waals surface area contributed by atoms with Gasteiger partial charge < -0.3 is 15.7 Å². The van der Waals surface area contributed by atoms with Gasteiger partial charge in [-0.2, -0.15) is 0 Å². The van der Waals surface area contributed by atoms with E-state index in [0.717, 1.165) is 19.3 Å². The van der Waals surface area contributed by atoms with Gasteiger partial charge in [-0.05, 0) is 24.8 Å². The number of benzene rings is 1. The van der Waals surface area contributed by atoms with Crippen molar-refractivity contribution in [3.05, 3.63) is 35.9 Å². The number of amides is 1. The first-order chi connectivity index (χ1) is 9.65. The second-order valence-corrected chi connectivity index (χ2v) is 5.58. The second kappa shape index (κ2) is 5.25. The summed E-state index contributed by atoms with van der Waals surface area (Å²) < 4.78 is 0. The predicted molar refractivity (Wildman–Crippen MR) is 73.0 cm³/mol. The van der Waals surface area contributed by atoms with Crippen molar-refractivity contribution in [1.29, 1.82) is 0 Å². The Morgan fingerprint density at radius 2 is 2.00 bits per heavy atom. The Balaban J connectivity index is 1.71. The van der Waals surface area contributed by atoms with Gasteiger partial charge in [-0.1, -0.05) is 30.3 Å². The molecule has 3 N–H and O–H groups in total. The molecular weight excluding hydrogens is 256 g/mol. The molecule has 4 atom stereocenters. The fourth-order valence-corrected chi connectivity index (χ4v) is 3.30. The maximum atomic E-state index is 12.3. The van der Waals surface area contributed by atoms with Gasteiger partial charge in [0.2, 0.25) is 5.91 Å². The van der Waals surface area contributed by atoms with Gasteiger partial charge in [0.05, 0.1) is 5.92 Å². The Morgan fingerprint density at radius 3 is 2.55 bits per heavy atom. The number of nitrogens with one attached hydrogen (secondary N) is 2. The molecule has 3 rings (SSSR count). The summed E-state index contributed by atoms with van der Waals surface area (Å²) in [5, 5.41) is 15.4. The second-order valence-electron chi connectivity index (χ2n) is 5.58. The van der Waals surface area contributed by atoms with Crippen molar-refractivity contribution in [1.82, 2.24) is 10.6 Å². The minimum absolute atomic E-state index is 0.0979. The van der Waals surface area contributed by atoms with Crippen LogP contribution >= 0.6 is 0 Å². The van der Waals surface area contributed by atoms with Gasteiger partial charge in [-0.15, -0.1) is 0 Å². The maximum absolute atomic E-state index is 12.3. The van der Waals surface area contributed by atoms with E-state index in [1.165, 1.54) is 0 Å². The van der Waals surface area contributed by atoms with Crippen LogP contribution in [0.15, 0.2) is 30.3 Å². The molecule has 1 aromatic rings. The molecule has 5 nitrogen and oxygen atoms in total. The quantitative estimate of drug-likeness (QED) is 0.767. The molecule has 106 valence electrons. The SMILES string of the molecule is O=C(O)C(NC(=O)C1CC2CCC1N2)c1ccccc1. The zero-order valence-corrected chi connectivity index (χ0v) is 11.1. The van der Waals surface area contributed by atoms with Crippen molar-refractivity contribution in [2.45, 2.75) is 37.4 Å². The number of carbonyl (C=O) groups is 2. The maximum Gasteiger partial charge on any atom is 0.330 e. The average molecular weight is 274 g/mol. The first-order valence-corrected chi connectivity index (χ1v) is 6.99. The Kier molecular flexibility index (Phi) is 3.44. The largest absolute Gasteiger partial charge is 0.479 e. The minimum Gasteiger partial charge on any atom is -0.479 e. The number of rotatable bonds is 4. The molecule has 0 aliphatic carbocycles. The van der Waals surface area contributed by atoms with Crippen LogP contribution in [0.4, 0.5) is 0 Å². The first-order valence-electron chi connectivity index (χ1n) is 6.99. The number of carboxylic acids is 1. The lowest BCUT2D eigenvalue weighted by atomic mass is 9.88. The Hall–Kier alpha value is -1.88. The van der Waals surface area contributed by atoms with E-state index in [2.05, 4.69) is 10.6 Å². The van der Waals surface area contributed by atoms with E-state index in [0.29, 0.717) is 11.6 Å².